The highest BCUT2D eigenvalue weighted by Crippen LogP contribution is 2.10. The van der Waals surface area contributed by atoms with Crippen LogP contribution in [-0.2, 0) is 6.54 Å². The third-order valence-electron chi connectivity index (χ3n) is 2.05. The number of benzene rings is 1. The zero-order chi connectivity index (χ0) is 11.1. The molecule has 0 amide bonds. The number of hydrogen-bond donors (Lipinski definition) is 2. The molecule has 0 fully saturated rings. The zero-order valence-corrected chi connectivity index (χ0v) is 9.50. The van der Waals surface area contributed by atoms with Crippen LogP contribution in [-0.4, -0.2) is 30.7 Å². The van der Waals surface area contributed by atoms with Gasteiger partial charge < -0.3 is 15.2 Å². The van der Waals surface area contributed by atoms with Crippen molar-refractivity contribution in [2.24, 2.45) is 0 Å². The van der Waals surface area contributed by atoms with E-state index in [0.717, 1.165) is 17.9 Å². The number of aliphatic hydroxyl groups excluding tert-OH is 1. The molecule has 84 valence electrons. The summed E-state index contributed by atoms with van der Waals surface area (Å²) < 4.78 is 5.05. The van der Waals surface area contributed by atoms with Gasteiger partial charge in [0.05, 0.1) is 13.2 Å². The number of methoxy groups -OCH3 is 1. The van der Waals surface area contributed by atoms with Crippen molar-refractivity contribution in [2.45, 2.75) is 12.6 Å². The summed E-state index contributed by atoms with van der Waals surface area (Å²) in [6.45, 7) is 1.23. The highest BCUT2D eigenvalue weighted by atomic mass is 35.5. The summed E-state index contributed by atoms with van der Waals surface area (Å²) in [5.74, 6) is 1.11. The van der Waals surface area contributed by atoms with Crippen LogP contribution in [0.2, 0.25) is 0 Å². The number of aliphatic hydroxyl groups is 1. The first-order valence-electron chi connectivity index (χ1n) is 4.84. The molecule has 0 aliphatic rings. The summed E-state index contributed by atoms with van der Waals surface area (Å²) in [7, 11) is 1.64. The van der Waals surface area contributed by atoms with Crippen molar-refractivity contribution < 1.29 is 9.84 Å². The Balaban J connectivity index is 2.31. The minimum Gasteiger partial charge on any atom is -0.497 e. The molecule has 1 aromatic rings. The normalized spacial score (nSPS) is 12.5. The first-order chi connectivity index (χ1) is 7.26. The van der Waals surface area contributed by atoms with Gasteiger partial charge in [-0.05, 0) is 17.7 Å². The predicted octanol–water partition coefficient (Wildman–Crippen LogP) is 1.38. The Kier molecular flexibility index (Phi) is 5.47. The fraction of sp³-hybridized carbons (Fsp3) is 0.455. The smallest absolute Gasteiger partial charge is 0.118 e. The van der Waals surface area contributed by atoms with Crippen LogP contribution >= 0.6 is 11.6 Å². The van der Waals surface area contributed by atoms with E-state index >= 15 is 0 Å². The SMILES string of the molecule is COc1ccc(CNC[C@@H](O)CCl)cc1. The first kappa shape index (κ1) is 12.3. The molecule has 0 bridgehead atoms. The average molecular weight is 230 g/mol. The molecule has 15 heavy (non-hydrogen) atoms. The van der Waals surface area contributed by atoms with E-state index in [4.69, 9.17) is 16.3 Å². The fourth-order valence-electron chi connectivity index (χ4n) is 1.18. The third kappa shape index (κ3) is 4.51. The quantitative estimate of drug-likeness (QED) is 0.725. The van der Waals surface area contributed by atoms with E-state index in [2.05, 4.69) is 5.32 Å². The molecule has 0 saturated heterocycles. The number of ether oxygens (including phenoxy) is 1. The lowest BCUT2D eigenvalue weighted by atomic mass is 10.2. The van der Waals surface area contributed by atoms with Crippen molar-refractivity contribution in [3.05, 3.63) is 29.8 Å². The first-order valence-corrected chi connectivity index (χ1v) is 5.37. The van der Waals surface area contributed by atoms with Gasteiger partial charge in [-0.25, -0.2) is 0 Å². The number of rotatable bonds is 6. The van der Waals surface area contributed by atoms with Crippen molar-refractivity contribution in [1.29, 1.82) is 0 Å². The number of halogens is 1. The summed E-state index contributed by atoms with van der Waals surface area (Å²) in [6, 6.07) is 7.79. The molecule has 0 radical (unpaired) electrons. The van der Waals surface area contributed by atoms with Gasteiger partial charge in [0.2, 0.25) is 0 Å². The van der Waals surface area contributed by atoms with Gasteiger partial charge in [0.25, 0.3) is 0 Å². The Morgan fingerprint density at radius 2 is 2.07 bits per heavy atom. The van der Waals surface area contributed by atoms with Crippen molar-refractivity contribution in [3.8, 4) is 5.75 Å². The molecule has 1 atom stereocenters. The van der Waals surface area contributed by atoms with Gasteiger partial charge in [-0.3, -0.25) is 0 Å². The van der Waals surface area contributed by atoms with Gasteiger partial charge in [-0.2, -0.15) is 0 Å². The van der Waals surface area contributed by atoms with Crippen LogP contribution in [0, 0.1) is 0 Å². The fourth-order valence-corrected chi connectivity index (χ4v) is 1.29. The molecule has 0 heterocycles. The van der Waals surface area contributed by atoms with Crippen LogP contribution < -0.4 is 10.1 Å². The molecular formula is C11H16ClNO2. The van der Waals surface area contributed by atoms with Crippen LogP contribution in [0.4, 0.5) is 0 Å². The van der Waals surface area contributed by atoms with E-state index in [-0.39, 0.29) is 5.88 Å². The predicted molar refractivity (Wildman–Crippen MR) is 61.4 cm³/mol. The van der Waals surface area contributed by atoms with E-state index in [0.29, 0.717) is 6.54 Å². The molecule has 0 unspecified atom stereocenters. The van der Waals surface area contributed by atoms with Crippen molar-refractivity contribution in [3.63, 3.8) is 0 Å². The van der Waals surface area contributed by atoms with Gasteiger partial charge in [0.1, 0.15) is 5.75 Å². The molecule has 1 aromatic carbocycles. The Labute approximate surface area is 95.0 Å². The maximum atomic E-state index is 9.20. The second-order valence-corrected chi connectivity index (χ2v) is 3.60. The molecule has 4 heteroatoms. The average Bonchev–Trinajstić information content (AvgIpc) is 2.29. The standard InChI is InChI=1S/C11H16ClNO2/c1-15-11-4-2-9(3-5-11)7-13-8-10(14)6-12/h2-5,10,13-14H,6-8H2,1H3/t10-/m0/s1. The molecule has 0 aliphatic carbocycles. The Bertz CT molecular complexity index is 276. The van der Waals surface area contributed by atoms with E-state index in [9.17, 15) is 5.11 Å². The Morgan fingerprint density at radius 3 is 2.60 bits per heavy atom. The lowest BCUT2D eigenvalue weighted by molar-refractivity contribution is 0.194. The number of nitrogens with one attached hydrogen (secondary N) is 1. The molecule has 0 aliphatic heterocycles. The molecule has 1 rings (SSSR count). The van der Waals surface area contributed by atoms with E-state index in [1.165, 1.54) is 0 Å². The largest absolute Gasteiger partial charge is 0.497 e. The monoisotopic (exact) mass is 229 g/mol. The molecule has 0 aromatic heterocycles. The van der Waals surface area contributed by atoms with Gasteiger partial charge in [-0.1, -0.05) is 12.1 Å². The van der Waals surface area contributed by atoms with E-state index in [1.807, 2.05) is 24.3 Å². The van der Waals surface area contributed by atoms with Crippen LogP contribution in [0.15, 0.2) is 24.3 Å². The highest BCUT2D eigenvalue weighted by molar-refractivity contribution is 6.18. The lowest BCUT2D eigenvalue weighted by Crippen LogP contribution is -2.27. The lowest BCUT2D eigenvalue weighted by Gasteiger charge is -2.08. The Morgan fingerprint density at radius 1 is 1.40 bits per heavy atom. The summed E-state index contributed by atoms with van der Waals surface area (Å²) in [5.41, 5.74) is 1.15. The van der Waals surface area contributed by atoms with Crippen molar-refractivity contribution in [2.75, 3.05) is 19.5 Å². The summed E-state index contributed by atoms with van der Waals surface area (Å²) in [5, 5.41) is 12.3. The molecule has 0 spiro atoms. The Hall–Kier alpha value is -0.770. The summed E-state index contributed by atoms with van der Waals surface area (Å²) in [6.07, 6.45) is -0.482. The van der Waals surface area contributed by atoms with Crippen molar-refractivity contribution >= 4 is 11.6 Å². The maximum absolute atomic E-state index is 9.20. The topological polar surface area (TPSA) is 41.5 Å². The van der Waals surface area contributed by atoms with Gasteiger partial charge in [-0.15, -0.1) is 11.6 Å². The minimum absolute atomic E-state index is 0.260. The highest BCUT2D eigenvalue weighted by Gasteiger charge is 2.00. The third-order valence-corrected chi connectivity index (χ3v) is 2.40. The van der Waals surface area contributed by atoms with Crippen LogP contribution in [0.1, 0.15) is 5.56 Å². The molecule has 2 N–H and O–H groups in total. The minimum atomic E-state index is -0.482. The zero-order valence-electron chi connectivity index (χ0n) is 8.74. The van der Waals surface area contributed by atoms with E-state index in [1.54, 1.807) is 7.11 Å². The van der Waals surface area contributed by atoms with Gasteiger partial charge >= 0.3 is 0 Å². The van der Waals surface area contributed by atoms with Crippen LogP contribution in [0.3, 0.4) is 0 Å². The van der Waals surface area contributed by atoms with E-state index < -0.39 is 6.10 Å². The van der Waals surface area contributed by atoms with Gasteiger partial charge in [0.15, 0.2) is 0 Å². The number of hydrogen-bond acceptors (Lipinski definition) is 3. The number of alkyl halides is 1. The second kappa shape index (κ2) is 6.67. The summed E-state index contributed by atoms with van der Waals surface area (Å²) in [4.78, 5) is 0. The molecular weight excluding hydrogens is 214 g/mol. The van der Waals surface area contributed by atoms with Crippen LogP contribution in [0.25, 0.3) is 0 Å². The van der Waals surface area contributed by atoms with Gasteiger partial charge in [0, 0.05) is 19.0 Å². The second-order valence-electron chi connectivity index (χ2n) is 3.29. The van der Waals surface area contributed by atoms with Crippen LogP contribution in [0.5, 0.6) is 5.75 Å². The summed E-state index contributed by atoms with van der Waals surface area (Å²) >= 11 is 5.47. The molecule has 3 nitrogen and oxygen atoms in total. The maximum Gasteiger partial charge on any atom is 0.118 e. The van der Waals surface area contributed by atoms with Crippen molar-refractivity contribution in [1.82, 2.24) is 5.32 Å². The molecule has 0 saturated carbocycles.